The Labute approximate surface area is 162 Å². The topological polar surface area (TPSA) is 86.0 Å². The van der Waals surface area contributed by atoms with Crippen LogP contribution >= 0.6 is 0 Å². The summed E-state index contributed by atoms with van der Waals surface area (Å²) in [5, 5.41) is 0. The SMILES string of the molecule is CN(C(=O)c1ccc2[nH]c(=O)c(=O)[nH]c2c1)C1CCC(c2ccccc2)CC1. The van der Waals surface area contributed by atoms with Gasteiger partial charge in [-0.2, -0.15) is 0 Å². The second kappa shape index (κ2) is 7.46. The molecule has 0 aliphatic heterocycles. The number of carbonyl (C=O) groups excluding carboxylic acids is 1. The van der Waals surface area contributed by atoms with Crippen LogP contribution in [0.5, 0.6) is 0 Å². The summed E-state index contributed by atoms with van der Waals surface area (Å²) in [4.78, 5) is 42.8. The monoisotopic (exact) mass is 377 g/mol. The van der Waals surface area contributed by atoms with Crippen molar-refractivity contribution < 1.29 is 4.79 Å². The number of aromatic amines is 2. The van der Waals surface area contributed by atoms with Crippen LogP contribution in [0.2, 0.25) is 0 Å². The second-order valence-electron chi connectivity index (χ2n) is 7.50. The van der Waals surface area contributed by atoms with Gasteiger partial charge in [0.15, 0.2) is 0 Å². The Hall–Kier alpha value is -3.15. The van der Waals surface area contributed by atoms with Crippen LogP contribution in [0.3, 0.4) is 0 Å². The first-order valence-electron chi connectivity index (χ1n) is 9.61. The van der Waals surface area contributed by atoms with Gasteiger partial charge in [0.25, 0.3) is 5.91 Å². The Morgan fingerprint density at radius 2 is 1.54 bits per heavy atom. The van der Waals surface area contributed by atoms with Crippen LogP contribution in [0.1, 0.15) is 47.5 Å². The second-order valence-corrected chi connectivity index (χ2v) is 7.50. The highest BCUT2D eigenvalue weighted by molar-refractivity contribution is 5.97. The van der Waals surface area contributed by atoms with Gasteiger partial charge in [0.05, 0.1) is 11.0 Å². The van der Waals surface area contributed by atoms with Crippen molar-refractivity contribution in [3.63, 3.8) is 0 Å². The Kier molecular flexibility index (Phi) is 4.86. The summed E-state index contributed by atoms with van der Waals surface area (Å²) in [5.74, 6) is 0.487. The van der Waals surface area contributed by atoms with Crippen molar-refractivity contribution >= 4 is 16.9 Å². The number of nitrogens with zero attached hydrogens (tertiary/aromatic N) is 1. The fourth-order valence-electron chi connectivity index (χ4n) is 4.14. The normalized spacial score (nSPS) is 19.5. The number of rotatable bonds is 3. The van der Waals surface area contributed by atoms with Crippen LogP contribution in [-0.4, -0.2) is 33.9 Å². The smallest absolute Gasteiger partial charge is 0.314 e. The van der Waals surface area contributed by atoms with Gasteiger partial charge in [-0.25, -0.2) is 0 Å². The number of hydrogen-bond donors (Lipinski definition) is 2. The molecule has 1 amide bonds. The highest BCUT2D eigenvalue weighted by Gasteiger charge is 2.27. The lowest BCUT2D eigenvalue weighted by atomic mass is 9.81. The van der Waals surface area contributed by atoms with Crippen LogP contribution in [-0.2, 0) is 0 Å². The molecule has 0 radical (unpaired) electrons. The molecule has 4 rings (SSSR count). The van der Waals surface area contributed by atoms with Crippen molar-refractivity contribution in [2.24, 2.45) is 0 Å². The molecule has 1 saturated carbocycles. The molecule has 28 heavy (non-hydrogen) atoms. The number of hydrogen-bond acceptors (Lipinski definition) is 3. The van der Waals surface area contributed by atoms with Crippen LogP contribution in [0.15, 0.2) is 58.1 Å². The van der Waals surface area contributed by atoms with Gasteiger partial charge in [-0.3, -0.25) is 14.4 Å². The maximum atomic E-state index is 13.0. The predicted molar refractivity (Wildman–Crippen MR) is 109 cm³/mol. The molecule has 144 valence electrons. The molecule has 1 aliphatic carbocycles. The molecule has 6 heteroatoms. The average Bonchev–Trinajstić information content (AvgIpc) is 2.74. The Balaban J connectivity index is 1.48. The fraction of sp³-hybridized carbons (Fsp3) is 0.318. The quantitative estimate of drug-likeness (QED) is 0.688. The van der Waals surface area contributed by atoms with E-state index >= 15 is 0 Å². The van der Waals surface area contributed by atoms with Gasteiger partial charge in [-0.15, -0.1) is 0 Å². The first-order valence-corrected chi connectivity index (χ1v) is 9.61. The molecule has 3 aromatic rings. The first-order chi connectivity index (χ1) is 13.5. The minimum atomic E-state index is -0.718. The zero-order valence-electron chi connectivity index (χ0n) is 15.8. The Morgan fingerprint density at radius 1 is 0.893 bits per heavy atom. The van der Waals surface area contributed by atoms with E-state index in [1.165, 1.54) is 5.56 Å². The molecular formula is C22H23N3O3. The maximum absolute atomic E-state index is 13.0. The number of nitrogens with one attached hydrogen (secondary N) is 2. The van der Waals surface area contributed by atoms with Gasteiger partial charge in [-0.05, 0) is 55.4 Å². The number of carbonyl (C=O) groups is 1. The van der Waals surface area contributed by atoms with E-state index in [4.69, 9.17) is 0 Å². The van der Waals surface area contributed by atoms with Crippen molar-refractivity contribution in [2.45, 2.75) is 37.6 Å². The van der Waals surface area contributed by atoms with Crippen molar-refractivity contribution in [1.82, 2.24) is 14.9 Å². The molecule has 0 saturated heterocycles. The molecule has 0 spiro atoms. The number of aromatic nitrogens is 2. The van der Waals surface area contributed by atoms with E-state index in [1.807, 2.05) is 18.0 Å². The zero-order valence-corrected chi connectivity index (χ0v) is 15.8. The third kappa shape index (κ3) is 3.50. The van der Waals surface area contributed by atoms with E-state index in [0.29, 0.717) is 22.5 Å². The van der Waals surface area contributed by atoms with E-state index < -0.39 is 11.1 Å². The molecular weight excluding hydrogens is 354 g/mol. The van der Waals surface area contributed by atoms with E-state index in [0.717, 1.165) is 25.7 Å². The third-order valence-electron chi connectivity index (χ3n) is 5.80. The fourth-order valence-corrected chi connectivity index (χ4v) is 4.14. The van der Waals surface area contributed by atoms with Gasteiger partial charge in [0, 0.05) is 18.7 Å². The lowest BCUT2D eigenvalue weighted by Gasteiger charge is -2.35. The van der Waals surface area contributed by atoms with Crippen molar-refractivity contribution in [3.8, 4) is 0 Å². The highest BCUT2D eigenvalue weighted by Crippen LogP contribution is 2.34. The maximum Gasteiger partial charge on any atom is 0.314 e. The van der Waals surface area contributed by atoms with Gasteiger partial charge >= 0.3 is 11.1 Å². The first kappa shape index (κ1) is 18.2. The summed E-state index contributed by atoms with van der Waals surface area (Å²) < 4.78 is 0. The average molecular weight is 377 g/mol. The Bertz CT molecular complexity index is 1110. The largest absolute Gasteiger partial charge is 0.339 e. The molecule has 0 unspecified atom stereocenters. The lowest BCUT2D eigenvalue weighted by molar-refractivity contribution is 0.0689. The number of benzene rings is 2. The van der Waals surface area contributed by atoms with Crippen LogP contribution in [0.25, 0.3) is 11.0 Å². The van der Waals surface area contributed by atoms with Gasteiger partial charge in [-0.1, -0.05) is 30.3 Å². The zero-order chi connectivity index (χ0) is 19.7. The van der Waals surface area contributed by atoms with Crippen molar-refractivity contribution in [2.75, 3.05) is 7.05 Å². The molecule has 6 nitrogen and oxygen atoms in total. The number of amides is 1. The van der Waals surface area contributed by atoms with E-state index in [9.17, 15) is 14.4 Å². The third-order valence-corrected chi connectivity index (χ3v) is 5.80. The molecule has 2 N–H and O–H groups in total. The van der Waals surface area contributed by atoms with Crippen molar-refractivity contribution in [1.29, 1.82) is 0 Å². The van der Waals surface area contributed by atoms with E-state index in [1.54, 1.807) is 18.2 Å². The molecule has 1 fully saturated rings. The molecule has 0 atom stereocenters. The van der Waals surface area contributed by atoms with E-state index in [2.05, 4.69) is 34.2 Å². The summed E-state index contributed by atoms with van der Waals surface area (Å²) in [6.45, 7) is 0. The predicted octanol–water partition coefficient (Wildman–Crippen LogP) is 3.01. The van der Waals surface area contributed by atoms with E-state index in [-0.39, 0.29) is 11.9 Å². The molecule has 1 aliphatic rings. The minimum Gasteiger partial charge on any atom is -0.339 e. The molecule has 2 aromatic carbocycles. The van der Waals surface area contributed by atoms with Crippen LogP contribution in [0, 0.1) is 0 Å². The standard InChI is InChI=1S/C22H23N3O3/c1-25(17-10-7-15(8-11-17)14-5-3-2-4-6-14)22(28)16-9-12-18-19(13-16)24-21(27)20(26)23-18/h2-6,9,12-13,15,17H,7-8,10-11H2,1H3,(H,23,26)(H,24,27). The highest BCUT2D eigenvalue weighted by atomic mass is 16.2. The van der Waals surface area contributed by atoms with Crippen molar-refractivity contribution in [3.05, 3.63) is 80.4 Å². The minimum absolute atomic E-state index is 0.0721. The summed E-state index contributed by atoms with van der Waals surface area (Å²) in [7, 11) is 1.84. The van der Waals surface area contributed by atoms with Crippen LogP contribution < -0.4 is 11.1 Å². The summed E-state index contributed by atoms with van der Waals surface area (Å²) in [5.41, 5.74) is 1.43. The lowest BCUT2D eigenvalue weighted by Crippen LogP contribution is -2.39. The summed E-state index contributed by atoms with van der Waals surface area (Å²) in [6, 6.07) is 15.7. The summed E-state index contributed by atoms with van der Waals surface area (Å²) >= 11 is 0. The van der Waals surface area contributed by atoms with Gasteiger partial charge in [0.2, 0.25) is 0 Å². The number of fused-ring (bicyclic) bond motifs is 1. The summed E-state index contributed by atoms with van der Waals surface area (Å²) in [6.07, 6.45) is 4.08. The molecule has 1 heterocycles. The Morgan fingerprint density at radius 3 is 2.21 bits per heavy atom. The molecule has 0 bridgehead atoms. The van der Waals surface area contributed by atoms with Crippen LogP contribution in [0.4, 0.5) is 0 Å². The molecule has 1 aromatic heterocycles. The van der Waals surface area contributed by atoms with Gasteiger partial charge < -0.3 is 14.9 Å². The van der Waals surface area contributed by atoms with Gasteiger partial charge in [0.1, 0.15) is 0 Å². The number of H-pyrrole nitrogens is 2.